The Balaban J connectivity index is 2.09. The summed E-state index contributed by atoms with van der Waals surface area (Å²) in [6.07, 6.45) is 0. The van der Waals surface area contributed by atoms with Crippen LogP contribution < -0.4 is 16.8 Å². The van der Waals surface area contributed by atoms with Crippen molar-refractivity contribution in [3.05, 3.63) is 54.1 Å². The number of benzene rings is 2. The van der Waals surface area contributed by atoms with Crippen molar-refractivity contribution >= 4 is 17.1 Å². The molecule has 0 amide bonds. The fourth-order valence-electron chi connectivity index (χ4n) is 1.54. The summed E-state index contributed by atoms with van der Waals surface area (Å²) >= 11 is 0. The van der Waals surface area contributed by atoms with Crippen LogP contribution in [0, 0.1) is 0 Å². The Kier molecular flexibility index (Phi) is 2.96. The summed E-state index contributed by atoms with van der Waals surface area (Å²) in [5.74, 6) is 0. The lowest BCUT2D eigenvalue weighted by Gasteiger charge is -2.10. The van der Waals surface area contributed by atoms with E-state index in [4.69, 9.17) is 11.5 Å². The van der Waals surface area contributed by atoms with Gasteiger partial charge in [-0.3, -0.25) is 0 Å². The van der Waals surface area contributed by atoms with Gasteiger partial charge in [-0.1, -0.05) is 30.3 Å². The monoisotopic (exact) mass is 213 g/mol. The molecule has 0 atom stereocenters. The van der Waals surface area contributed by atoms with Crippen LogP contribution >= 0.6 is 0 Å². The molecule has 0 aliphatic carbocycles. The van der Waals surface area contributed by atoms with Crippen LogP contribution in [0.3, 0.4) is 0 Å². The molecule has 2 aromatic rings. The van der Waals surface area contributed by atoms with Gasteiger partial charge >= 0.3 is 0 Å². The zero-order chi connectivity index (χ0) is 11.4. The van der Waals surface area contributed by atoms with Crippen LogP contribution in [0.15, 0.2) is 48.5 Å². The molecule has 0 saturated heterocycles. The van der Waals surface area contributed by atoms with Crippen LogP contribution in [0.4, 0.5) is 17.1 Å². The normalized spacial score (nSPS) is 10.0. The van der Waals surface area contributed by atoms with E-state index in [1.54, 1.807) is 0 Å². The molecule has 0 unspecified atom stereocenters. The van der Waals surface area contributed by atoms with Gasteiger partial charge in [0.15, 0.2) is 0 Å². The second-order valence-electron chi connectivity index (χ2n) is 3.64. The molecule has 0 aromatic heterocycles. The van der Waals surface area contributed by atoms with Gasteiger partial charge in [-0.05, 0) is 23.8 Å². The van der Waals surface area contributed by atoms with E-state index in [9.17, 15) is 0 Å². The lowest BCUT2D eigenvalue weighted by Crippen LogP contribution is -2.04. The summed E-state index contributed by atoms with van der Waals surface area (Å²) < 4.78 is 0. The minimum Gasteiger partial charge on any atom is -0.398 e. The van der Waals surface area contributed by atoms with Gasteiger partial charge in [0.25, 0.3) is 0 Å². The number of rotatable bonds is 3. The van der Waals surface area contributed by atoms with E-state index >= 15 is 0 Å². The third-order valence-electron chi connectivity index (χ3n) is 2.49. The molecule has 0 heterocycles. The first kappa shape index (κ1) is 10.4. The van der Waals surface area contributed by atoms with Crippen molar-refractivity contribution in [3.63, 3.8) is 0 Å². The van der Waals surface area contributed by atoms with Crippen molar-refractivity contribution < 1.29 is 0 Å². The van der Waals surface area contributed by atoms with Gasteiger partial charge in [0.05, 0.1) is 11.4 Å². The highest BCUT2D eigenvalue weighted by Crippen LogP contribution is 2.19. The van der Waals surface area contributed by atoms with Crippen LogP contribution in [0.25, 0.3) is 0 Å². The number of para-hydroxylation sites is 3. The highest BCUT2D eigenvalue weighted by Gasteiger charge is 1.99. The summed E-state index contributed by atoms with van der Waals surface area (Å²) in [4.78, 5) is 0. The lowest BCUT2D eigenvalue weighted by atomic mass is 10.2. The van der Waals surface area contributed by atoms with Gasteiger partial charge in [-0.2, -0.15) is 0 Å². The maximum atomic E-state index is 5.85. The van der Waals surface area contributed by atoms with Crippen LogP contribution in [0.5, 0.6) is 0 Å². The Morgan fingerprint density at radius 2 is 1.44 bits per heavy atom. The molecule has 0 radical (unpaired) electrons. The molecular formula is C13H15N3. The second-order valence-corrected chi connectivity index (χ2v) is 3.64. The Morgan fingerprint density at radius 1 is 0.812 bits per heavy atom. The molecule has 0 saturated carbocycles. The first-order chi connectivity index (χ1) is 7.77. The summed E-state index contributed by atoms with van der Waals surface area (Å²) in [5, 5.41) is 3.27. The molecule has 2 rings (SSSR count). The molecule has 0 fully saturated rings. The summed E-state index contributed by atoms with van der Waals surface area (Å²) in [5.41, 5.74) is 15.2. The van der Waals surface area contributed by atoms with Crippen molar-refractivity contribution in [1.29, 1.82) is 0 Å². The smallest absolute Gasteiger partial charge is 0.0576 e. The van der Waals surface area contributed by atoms with E-state index in [0.29, 0.717) is 6.54 Å². The van der Waals surface area contributed by atoms with Gasteiger partial charge in [0, 0.05) is 12.2 Å². The average Bonchev–Trinajstić information content (AvgIpc) is 2.30. The molecule has 3 heteroatoms. The Bertz CT molecular complexity index is 435. The molecule has 0 bridgehead atoms. The highest BCUT2D eigenvalue weighted by atomic mass is 14.9. The number of nitrogens with one attached hydrogen (secondary N) is 1. The number of nitrogen functional groups attached to an aromatic ring is 2. The fraction of sp³-hybridized carbons (Fsp3) is 0.0769. The molecule has 16 heavy (non-hydrogen) atoms. The predicted molar refractivity (Wildman–Crippen MR) is 69.0 cm³/mol. The SMILES string of the molecule is Nc1ccccc1CNc1ccccc1N. The average molecular weight is 213 g/mol. The minimum atomic E-state index is 0.681. The van der Waals surface area contributed by atoms with Gasteiger partial charge in [0.2, 0.25) is 0 Å². The first-order valence-corrected chi connectivity index (χ1v) is 5.19. The van der Waals surface area contributed by atoms with E-state index in [0.717, 1.165) is 22.6 Å². The van der Waals surface area contributed by atoms with E-state index in [-0.39, 0.29) is 0 Å². The summed E-state index contributed by atoms with van der Waals surface area (Å²) in [7, 11) is 0. The quantitative estimate of drug-likeness (QED) is 0.686. The zero-order valence-electron chi connectivity index (χ0n) is 8.98. The van der Waals surface area contributed by atoms with Crippen LogP contribution in [0.2, 0.25) is 0 Å². The van der Waals surface area contributed by atoms with Crippen molar-refractivity contribution in [2.45, 2.75) is 6.54 Å². The van der Waals surface area contributed by atoms with Crippen molar-refractivity contribution in [3.8, 4) is 0 Å². The standard InChI is InChI=1S/C13H15N3/c14-11-6-2-1-5-10(11)9-16-13-8-4-3-7-12(13)15/h1-8,16H,9,14-15H2. The van der Waals surface area contributed by atoms with Crippen molar-refractivity contribution in [2.75, 3.05) is 16.8 Å². The minimum absolute atomic E-state index is 0.681. The third kappa shape index (κ3) is 2.25. The molecule has 5 N–H and O–H groups in total. The Hall–Kier alpha value is -2.16. The van der Waals surface area contributed by atoms with Gasteiger partial charge < -0.3 is 16.8 Å². The largest absolute Gasteiger partial charge is 0.398 e. The first-order valence-electron chi connectivity index (χ1n) is 5.19. The highest BCUT2D eigenvalue weighted by molar-refractivity contribution is 5.66. The molecule has 82 valence electrons. The van der Waals surface area contributed by atoms with Gasteiger partial charge in [-0.25, -0.2) is 0 Å². The maximum Gasteiger partial charge on any atom is 0.0576 e. The molecule has 0 aliphatic heterocycles. The Labute approximate surface area is 95.1 Å². The molecule has 3 nitrogen and oxygen atoms in total. The Morgan fingerprint density at radius 3 is 2.12 bits per heavy atom. The maximum absolute atomic E-state index is 5.85. The van der Waals surface area contributed by atoms with Gasteiger partial charge in [0.1, 0.15) is 0 Å². The van der Waals surface area contributed by atoms with Crippen LogP contribution in [-0.4, -0.2) is 0 Å². The van der Waals surface area contributed by atoms with E-state index in [1.807, 2.05) is 48.5 Å². The molecular weight excluding hydrogens is 198 g/mol. The topological polar surface area (TPSA) is 64.1 Å². The van der Waals surface area contributed by atoms with Crippen LogP contribution in [-0.2, 0) is 6.54 Å². The van der Waals surface area contributed by atoms with E-state index < -0.39 is 0 Å². The summed E-state index contributed by atoms with van der Waals surface area (Å²) in [6.45, 7) is 0.681. The van der Waals surface area contributed by atoms with Crippen molar-refractivity contribution in [2.24, 2.45) is 0 Å². The lowest BCUT2D eigenvalue weighted by molar-refractivity contribution is 1.15. The number of hydrogen-bond acceptors (Lipinski definition) is 3. The van der Waals surface area contributed by atoms with Crippen molar-refractivity contribution in [1.82, 2.24) is 0 Å². The second kappa shape index (κ2) is 4.57. The predicted octanol–water partition coefficient (Wildman–Crippen LogP) is 2.46. The van der Waals surface area contributed by atoms with E-state index in [2.05, 4.69) is 5.32 Å². The molecule has 2 aromatic carbocycles. The molecule has 0 spiro atoms. The van der Waals surface area contributed by atoms with Gasteiger partial charge in [-0.15, -0.1) is 0 Å². The fourth-order valence-corrected chi connectivity index (χ4v) is 1.54. The number of nitrogens with two attached hydrogens (primary N) is 2. The number of hydrogen-bond donors (Lipinski definition) is 3. The number of anilines is 3. The molecule has 0 aliphatic rings. The zero-order valence-corrected chi connectivity index (χ0v) is 8.98. The summed E-state index contributed by atoms with van der Waals surface area (Å²) in [6, 6.07) is 15.5. The van der Waals surface area contributed by atoms with E-state index in [1.165, 1.54) is 0 Å². The third-order valence-corrected chi connectivity index (χ3v) is 2.49. The van der Waals surface area contributed by atoms with Crippen LogP contribution in [0.1, 0.15) is 5.56 Å².